The summed E-state index contributed by atoms with van der Waals surface area (Å²) in [6.07, 6.45) is 3.43. The summed E-state index contributed by atoms with van der Waals surface area (Å²) < 4.78 is 12.8. The van der Waals surface area contributed by atoms with Crippen molar-refractivity contribution < 1.29 is 24.2 Å². The van der Waals surface area contributed by atoms with Crippen molar-refractivity contribution in [1.29, 1.82) is 5.26 Å². The molecular formula is C27H28N4O6S2. The van der Waals surface area contributed by atoms with Crippen LogP contribution < -0.4 is 20.3 Å². The van der Waals surface area contributed by atoms with Gasteiger partial charge in [-0.2, -0.15) is 5.26 Å². The number of carbonyl (C=O) groups excluding carboxylic acids is 1. The van der Waals surface area contributed by atoms with Gasteiger partial charge in [0.05, 0.1) is 4.91 Å². The van der Waals surface area contributed by atoms with E-state index in [0.717, 1.165) is 30.2 Å². The molecule has 3 heterocycles. The number of hydrogen-bond acceptors (Lipinski definition) is 9. The van der Waals surface area contributed by atoms with Crippen LogP contribution in [0, 0.1) is 18.3 Å². The van der Waals surface area contributed by atoms with Gasteiger partial charge in [-0.05, 0) is 49.1 Å². The molecule has 0 unspecified atom stereocenters. The molecule has 39 heavy (non-hydrogen) atoms. The lowest BCUT2D eigenvalue weighted by molar-refractivity contribution is -0.137. The first-order valence-corrected chi connectivity index (χ1v) is 13.7. The van der Waals surface area contributed by atoms with Gasteiger partial charge in [0.1, 0.15) is 21.8 Å². The van der Waals surface area contributed by atoms with Gasteiger partial charge < -0.3 is 19.9 Å². The summed E-state index contributed by atoms with van der Waals surface area (Å²) >= 11 is 6.51. The molecule has 12 heteroatoms. The first-order valence-electron chi connectivity index (χ1n) is 12.5. The van der Waals surface area contributed by atoms with Crippen LogP contribution >= 0.6 is 24.0 Å². The third-order valence-corrected chi connectivity index (χ3v) is 7.81. The number of carboxylic acid groups (broad SMARTS) is 1. The zero-order valence-electron chi connectivity index (χ0n) is 21.6. The van der Waals surface area contributed by atoms with Gasteiger partial charge in [-0.15, -0.1) is 0 Å². The number of aliphatic carboxylic acids is 1. The van der Waals surface area contributed by atoms with E-state index in [2.05, 4.69) is 5.32 Å². The van der Waals surface area contributed by atoms with Gasteiger partial charge in [-0.1, -0.05) is 43.4 Å². The lowest BCUT2D eigenvalue weighted by atomic mass is 10.0. The average Bonchev–Trinajstić information content (AvgIpc) is 3.48. The molecule has 2 aromatic rings. The van der Waals surface area contributed by atoms with Crippen LogP contribution in [-0.4, -0.2) is 44.1 Å². The highest BCUT2D eigenvalue weighted by atomic mass is 32.2. The summed E-state index contributed by atoms with van der Waals surface area (Å²) in [7, 11) is 0. The van der Waals surface area contributed by atoms with E-state index >= 15 is 0 Å². The Morgan fingerprint density at radius 1 is 1.26 bits per heavy atom. The average molecular weight is 569 g/mol. The number of fused-ring (bicyclic) bond motifs is 1. The van der Waals surface area contributed by atoms with Crippen molar-refractivity contribution in [1.82, 2.24) is 9.47 Å². The largest absolute Gasteiger partial charge is 0.481 e. The summed E-state index contributed by atoms with van der Waals surface area (Å²) in [5, 5.41) is 22.1. The highest BCUT2D eigenvalue weighted by molar-refractivity contribution is 8.26. The number of anilines is 1. The molecule has 204 valence electrons. The van der Waals surface area contributed by atoms with E-state index in [0.29, 0.717) is 50.8 Å². The maximum Gasteiger partial charge on any atom is 0.303 e. The summed E-state index contributed by atoms with van der Waals surface area (Å²) in [5.41, 5.74) is 1.53. The summed E-state index contributed by atoms with van der Waals surface area (Å²) in [6, 6.07) is 7.62. The second-order valence-electron chi connectivity index (χ2n) is 9.06. The molecule has 0 bridgehead atoms. The quantitative estimate of drug-likeness (QED) is 0.299. The second kappa shape index (κ2) is 12.4. The van der Waals surface area contributed by atoms with Crippen LogP contribution in [-0.2, 0) is 22.7 Å². The summed E-state index contributed by atoms with van der Waals surface area (Å²) in [4.78, 5) is 39.2. The summed E-state index contributed by atoms with van der Waals surface area (Å²) in [5.74, 6) is 0.530. The maximum absolute atomic E-state index is 13.3. The number of nitrogens with zero attached hydrogens (tertiary/aromatic N) is 3. The minimum atomic E-state index is -0.942. The first-order chi connectivity index (χ1) is 18.7. The number of carbonyl (C=O) groups is 2. The zero-order chi connectivity index (χ0) is 28.1. The fourth-order valence-electron chi connectivity index (χ4n) is 4.33. The number of rotatable bonds is 11. The van der Waals surface area contributed by atoms with Gasteiger partial charge in [0.25, 0.3) is 11.5 Å². The molecule has 2 aliphatic rings. The van der Waals surface area contributed by atoms with E-state index < -0.39 is 11.5 Å². The number of aromatic nitrogens is 1. The molecule has 1 aromatic heterocycles. The van der Waals surface area contributed by atoms with Crippen LogP contribution in [0.5, 0.6) is 11.5 Å². The maximum atomic E-state index is 13.3. The van der Waals surface area contributed by atoms with Crippen molar-refractivity contribution in [2.75, 3.05) is 18.7 Å². The molecular weight excluding hydrogens is 540 g/mol. The fourth-order valence-corrected chi connectivity index (χ4v) is 5.62. The number of thioether (sulfide) groups is 1. The van der Waals surface area contributed by atoms with Crippen LogP contribution in [0.15, 0.2) is 27.9 Å². The monoisotopic (exact) mass is 568 g/mol. The molecule has 0 saturated carbocycles. The highest BCUT2D eigenvalue weighted by Crippen LogP contribution is 2.36. The predicted molar refractivity (Wildman–Crippen MR) is 152 cm³/mol. The minimum Gasteiger partial charge on any atom is -0.481 e. The van der Waals surface area contributed by atoms with Gasteiger partial charge in [0, 0.05) is 31.6 Å². The van der Waals surface area contributed by atoms with Gasteiger partial charge in [-0.25, -0.2) is 0 Å². The van der Waals surface area contributed by atoms with E-state index in [1.54, 1.807) is 17.6 Å². The third-order valence-electron chi connectivity index (χ3n) is 6.43. The molecule has 0 spiro atoms. The normalized spacial score (nSPS) is 15.2. The number of nitrogens with one attached hydrogen (secondary N) is 1. The third kappa shape index (κ3) is 6.10. The van der Waals surface area contributed by atoms with Crippen molar-refractivity contribution in [2.45, 2.75) is 52.6 Å². The number of pyridine rings is 1. The molecule has 0 aliphatic carbocycles. The topological polar surface area (TPSA) is 134 Å². The number of thiocarbonyl (C=S) groups is 1. The van der Waals surface area contributed by atoms with Gasteiger partial charge >= 0.3 is 5.97 Å². The van der Waals surface area contributed by atoms with Crippen LogP contribution in [0.25, 0.3) is 6.08 Å². The Kier molecular flexibility index (Phi) is 8.93. The Balaban J connectivity index is 1.74. The molecule has 0 radical (unpaired) electrons. The van der Waals surface area contributed by atoms with E-state index in [-0.39, 0.29) is 37.6 Å². The Bertz CT molecular complexity index is 1460. The molecule has 4 rings (SSSR count). The van der Waals surface area contributed by atoms with Crippen molar-refractivity contribution in [3.8, 4) is 17.6 Å². The molecule has 1 saturated heterocycles. The number of hydrogen-bond donors (Lipinski definition) is 2. The van der Waals surface area contributed by atoms with Crippen LogP contribution in [0.2, 0.25) is 0 Å². The van der Waals surface area contributed by atoms with Crippen LogP contribution in [0.4, 0.5) is 5.82 Å². The molecule has 0 atom stereocenters. The molecule has 2 N–H and O–H groups in total. The van der Waals surface area contributed by atoms with Gasteiger partial charge in [0.15, 0.2) is 11.5 Å². The van der Waals surface area contributed by atoms with Crippen molar-refractivity contribution in [3.05, 3.63) is 55.7 Å². The number of carboxylic acids is 1. The number of ether oxygens (including phenoxy) is 2. The smallest absolute Gasteiger partial charge is 0.303 e. The van der Waals surface area contributed by atoms with E-state index in [1.165, 1.54) is 4.90 Å². The van der Waals surface area contributed by atoms with Crippen LogP contribution in [0.1, 0.15) is 54.9 Å². The Morgan fingerprint density at radius 2 is 2.03 bits per heavy atom. The van der Waals surface area contributed by atoms with Gasteiger partial charge in [0.2, 0.25) is 6.79 Å². The zero-order valence-corrected chi connectivity index (χ0v) is 23.2. The van der Waals surface area contributed by atoms with Gasteiger partial charge in [-0.3, -0.25) is 23.9 Å². The molecule has 10 nitrogen and oxygen atoms in total. The minimum absolute atomic E-state index is 0.0166. The van der Waals surface area contributed by atoms with Crippen molar-refractivity contribution in [2.24, 2.45) is 0 Å². The lowest BCUT2D eigenvalue weighted by Crippen LogP contribution is -2.29. The molecule has 1 amide bonds. The number of nitriles is 1. The molecule has 1 aromatic carbocycles. The Hall–Kier alpha value is -3.82. The van der Waals surface area contributed by atoms with Crippen LogP contribution in [0.3, 0.4) is 0 Å². The lowest BCUT2D eigenvalue weighted by Gasteiger charge is -2.20. The number of benzene rings is 1. The number of amides is 1. The first kappa shape index (κ1) is 28.2. The number of unbranched alkanes of at least 4 members (excludes halogenated alkanes) is 1. The summed E-state index contributed by atoms with van der Waals surface area (Å²) in [6.45, 7) is 4.81. The fraction of sp³-hybridized carbons (Fsp3) is 0.370. The van der Waals surface area contributed by atoms with Crippen molar-refractivity contribution in [3.63, 3.8) is 0 Å². The molecule has 2 aliphatic heterocycles. The Morgan fingerprint density at radius 3 is 2.74 bits per heavy atom. The standard InChI is InChI=1S/C27H28N4O6S2/c1-3-4-9-30-24(29-14-17-7-8-20-21(11-17)37-15-36-20)18(16(2)19(13-28)25(30)34)12-22-26(35)31(27(38)39-22)10-5-6-23(32)33/h7-8,11-12,29H,3-6,9-10,14-15H2,1-2H3,(H,32,33)/b22-12+. The second-order valence-corrected chi connectivity index (χ2v) is 10.7. The van der Waals surface area contributed by atoms with E-state index in [1.807, 2.05) is 31.2 Å². The SMILES string of the molecule is CCCCn1c(NCc2ccc3c(c2)OCO3)c(/C=C2/SC(=S)N(CCCC(=O)O)C2=O)c(C)c(C#N)c1=O. The van der Waals surface area contributed by atoms with E-state index in [9.17, 15) is 19.6 Å². The van der Waals surface area contributed by atoms with E-state index in [4.69, 9.17) is 26.8 Å². The predicted octanol–water partition coefficient (Wildman–Crippen LogP) is 4.24. The Labute approximate surface area is 235 Å². The molecule has 1 fully saturated rings. The van der Waals surface area contributed by atoms with Crippen molar-refractivity contribution >= 4 is 52.1 Å². The highest BCUT2D eigenvalue weighted by Gasteiger charge is 2.32.